The Balaban J connectivity index is 2.21. The molecule has 26 heavy (non-hydrogen) atoms. The van der Waals surface area contributed by atoms with Crippen molar-refractivity contribution in [3.63, 3.8) is 0 Å². The van der Waals surface area contributed by atoms with E-state index in [1.165, 1.54) is 0 Å². The summed E-state index contributed by atoms with van der Waals surface area (Å²) in [6, 6.07) is 7.54. The maximum Gasteiger partial charge on any atom is 0.282 e. The molecule has 2 rings (SSSR count). The van der Waals surface area contributed by atoms with Crippen LogP contribution in [0.2, 0.25) is 0 Å². The smallest absolute Gasteiger partial charge is 0.282 e. The summed E-state index contributed by atoms with van der Waals surface area (Å²) in [6.07, 6.45) is -0.512. The van der Waals surface area contributed by atoms with Crippen molar-refractivity contribution >= 4 is 34.7 Å². The number of benzene rings is 1. The van der Waals surface area contributed by atoms with Crippen LogP contribution in [0.25, 0.3) is 0 Å². The van der Waals surface area contributed by atoms with Crippen molar-refractivity contribution in [3.8, 4) is 0 Å². The Hall–Kier alpha value is -1.47. The highest BCUT2D eigenvalue weighted by atomic mass is 32.2. The molecule has 2 atom stereocenters. The molecule has 3 nitrogen and oxygen atoms in total. The highest BCUT2D eigenvalue weighted by Gasteiger charge is 2.24. The fourth-order valence-corrected chi connectivity index (χ4v) is 5.04. The van der Waals surface area contributed by atoms with Crippen molar-refractivity contribution in [2.75, 3.05) is 5.32 Å². The quantitative estimate of drug-likeness (QED) is 0.543. The normalized spacial score (nSPS) is 13.7. The van der Waals surface area contributed by atoms with Gasteiger partial charge in [-0.05, 0) is 31.9 Å². The number of halogens is 2. The summed E-state index contributed by atoms with van der Waals surface area (Å²) >= 11 is 2.84. The number of carbonyl (C=O) groups is 1. The summed E-state index contributed by atoms with van der Waals surface area (Å²) in [5.41, 5.74) is 1.21. The predicted octanol–water partition coefficient (Wildman–Crippen LogP) is 6.62. The molecule has 0 aliphatic carbocycles. The second kappa shape index (κ2) is 9.46. The van der Waals surface area contributed by atoms with Crippen LogP contribution in [0.3, 0.4) is 0 Å². The van der Waals surface area contributed by atoms with Gasteiger partial charge in [0.1, 0.15) is 10.6 Å². The van der Waals surface area contributed by atoms with E-state index >= 15 is 0 Å². The number of carbonyl (C=O) groups excluding carboxylic acids is 1. The lowest BCUT2D eigenvalue weighted by Crippen LogP contribution is -2.14. The minimum Gasteiger partial charge on any atom is -0.321 e. The van der Waals surface area contributed by atoms with E-state index < -0.39 is 18.0 Å². The third-order valence-corrected chi connectivity index (χ3v) is 6.30. The Labute approximate surface area is 161 Å². The first-order chi connectivity index (χ1) is 12.3. The van der Waals surface area contributed by atoms with E-state index in [1.54, 1.807) is 6.92 Å². The van der Waals surface area contributed by atoms with Crippen molar-refractivity contribution in [1.29, 1.82) is 0 Å². The molecule has 1 N–H and O–H groups in total. The number of hydrogen-bond acceptors (Lipinski definition) is 4. The number of aryl methyl sites for hydroxylation is 1. The first-order valence-electron chi connectivity index (χ1n) is 8.64. The second-order valence-corrected chi connectivity index (χ2v) is 9.15. The van der Waals surface area contributed by atoms with Crippen molar-refractivity contribution in [2.45, 2.75) is 57.5 Å². The Bertz CT molecular complexity index is 749. The number of amides is 1. The van der Waals surface area contributed by atoms with Crippen LogP contribution in [0.5, 0.6) is 0 Å². The summed E-state index contributed by atoms with van der Waals surface area (Å²) in [4.78, 5) is 16.3. The molecule has 142 valence electrons. The number of alkyl halides is 2. The minimum atomic E-state index is -2.76. The molecule has 0 aliphatic heterocycles. The number of thiazole rings is 1. The summed E-state index contributed by atoms with van der Waals surface area (Å²) in [7, 11) is 0. The molecule has 2 aromatic rings. The third-order valence-electron chi connectivity index (χ3n) is 3.95. The summed E-state index contributed by atoms with van der Waals surface area (Å²) < 4.78 is 26.2. The van der Waals surface area contributed by atoms with E-state index in [4.69, 9.17) is 0 Å². The topological polar surface area (TPSA) is 42.0 Å². The molecule has 1 amide bonds. The molecule has 0 spiro atoms. The zero-order valence-electron chi connectivity index (χ0n) is 15.4. The molecular formula is C19H24F2N2OS2. The number of anilines is 1. The Morgan fingerprint density at radius 3 is 2.65 bits per heavy atom. The molecular weight excluding hydrogens is 374 g/mol. The van der Waals surface area contributed by atoms with Gasteiger partial charge in [-0.15, -0.1) is 11.3 Å². The maximum absolute atomic E-state index is 13.1. The number of rotatable bonds is 8. The zero-order valence-corrected chi connectivity index (χ0v) is 17.0. The van der Waals surface area contributed by atoms with E-state index in [9.17, 15) is 13.6 Å². The summed E-state index contributed by atoms with van der Waals surface area (Å²) in [6.45, 7) is 8.08. The number of hydrogen-bond donors (Lipinski definition) is 1. The average molecular weight is 399 g/mol. The van der Waals surface area contributed by atoms with Crippen molar-refractivity contribution in [1.82, 2.24) is 4.98 Å². The number of thioether (sulfide) groups is 1. The van der Waals surface area contributed by atoms with Crippen LogP contribution in [0, 0.1) is 6.92 Å². The van der Waals surface area contributed by atoms with Crippen LogP contribution >= 0.6 is 23.1 Å². The first-order valence-corrected chi connectivity index (χ1v) is 10.4. The van der Waals surface area contributed by atoms with Gasteiger partial charge in [0, 0.05) is 16.2 Å². The summed E-state index contributed by atoms with van der Waals surface area (Å²) in [5.74, 6) is -0.530. The van der Waals surface area contributed by atoms with Gasteiger partial charge in [0.25, 0.3) is 12.3 Å². The Morgan fingerprint density at radius 1 is 1.31 bits per heavy atom. The molecule has 2 unspecified atom stereocenters. The molecule has 0 radical (unpaired) electrons. The Kier molecular flexibility index (Phi) is 7.58. The average Bonchev–Trinajstić information content (AvgIpc) is 2.98. The number of aromatic nitrogens is 1. The third kappa shape index (κ3) is 5.27. The lowest BCUT2D eigenvalue weighted by molar-refractivity contribution is 0.101. The Morgan fingerprint density at radius 2 is 2.00 bits per heavy atom. The summed E-state index contributed by atoms with van der Waals surface area (Å²) in [5, 5.41) is 3.95. The van der Waals surface area contributed by atoms with Gasteiger partial charge in [-0.3, -0.25) is 4.79 Å². The van der Waals surface area contributed by atoms with E-state index in [0.717, 1.165) is 29.7 Å². The van der Waals surface area contributed by atoms with E-state index in [2.05, 4.69) is 31.1 Å². The molecule has 1 aromatic heterocycles. The van der Waals surface area contributed by atoms with Crippen molar-refractivity contribution in [2.24, 2.45) is 0 Å². The SMILES string of the molecule is CCCC(C)SC(C)c1ccccc1NC(=O)c1sc(C)nc1C(F)F. The number of nitrogens with zero attached hydrogens (tertiary/aromatic N) is 1. The van der Waals surface area contributed by atoms with Crippen LogP contribution in [0.4, 0.5) is 14.5 Å². The van der Waals surface area contributed by atoms with E-state index in [-0.39, 0.29) is 10.1 Å². The zero-order chi connectivity index (χ0) is 19.3. The lowest BCUT2D eigenvalue weighted by Gasteiger charge is -2.20. The molecule has 0 aliphatic rings. The van der Waals surface area contributed by atoms with Gasteiger partial charge in [-0.1, -0.05) is 38.5 Å². The standard InChI is InChI=1S/C19H24F2N2OS2/c1-5-8-11(2)25-12(3)14-9-6-7-10-15(14)23-19(24)17-16(18(20)21)22-13(4)26-17/h6-7,9-12,18H,5,8H2,1-4H3,(H,23,24). The predicted molar refractivity (Wildman–Crippen MR) is 107 cm³/mol. The van der Waals surface area contributed by atoms with Crippen LogP contribution in [-0.2, 0) is 0 Å². The largest absolute Gasteiger partial charge is 0.321 e. The number of para-hydroxylation sites is 1. The lowest BCUT2D eigenvalue weighted by atomic mass is 10.1. The van der Waals surface area contributed by atoms with Crippen LogP contribution in [0.15, 0.2) is 24.3 Å². The first kappa shape index (κ1) is 20.8. The van der Waals surface area contributed by atoms with Gasteiger partial charge >= 0.3 is 0 Å². The van der Waals surface area contributed by atoms with Gasteiger partial charge in [-0.2, -0.15) is 11.8 Å². The highest BCUT2D eigenvalue weighted by molar-refractivity contribution is 8.00. The molecule has 0 fully saturated rings. The van der Waals surface area contributed by atoms with E-state index in [0.29, 0.717) is 15.9 Å². The fraction of sp³-hybridized carbons (Fsp3) is 0.474. The van der Waals surface area contributed by atoms with Crippen LogP contribution in [0.1, 0.15) is 71.2 Å². The van der Waals surface area contributed by atoms with Gasteiger partial charge in [-0.25, -0.2) is 13.8 Å². The van der Waals surface area contributed by atoms with Gasteiger partial charge in [0.2, 0.25) is 0 Å². The second-order valence-electron chi connectivity index (χ2n) is 6.17. The van der Waals surface area contributed by atoms with Gasteiger partial charge in [0.15, 0.2) is 0 Å². The number of nitrogens with one attached hydrogen (secondary N) is 1. The molecule has 1 heterocycles. The highest BCUT2D eigenvalue weighted by Crippen LogP contribution is 2.37. The van der Waals surface area contributed by atoms with Crippen molar-refractivity contribution in [3.05, 3.63) is 45.4 Å². The van der Waals surface area contributed by atoms with Crippen molar-refractivity contribution < 1.29 is 13.6 Å². The maximum atomic E-state index is 13.1. The van der Waals surface area contributed by atoms with Crippen LogP contribution < -0.4 is 5.32 Å². The van der Waals surface area contributed by atoms with Crippen LogP contribution in [-0.4, -0.2) is 16.1 Å². The molecule has 0 saturated heterocycles. The molecule has 1 aromatic carbocycles. The molecule has 7 heteroatoms. The van der Waals surface area contributed by atoms with Gasteiger partial charge in [0.05, 0.1) is 5.01 Å². The van der Waals surface area contributed by atoms with Gasteiger partial charge < -0.3 is 5.32 Å². The molecule has 0 saturated carbocycles. The fourth-order valence-electron chi connectivity index (χ4n) is 2.79. The molecule has 0 bridgehead atoms. The minimum absolute atomic E-state index is 0.0213. The van der Waals surface area contributed by atoms with E-state index in [1.807, 2.05) is 36.0 Å². The monoisotopic (exact) mass is 398 g/mol.